The summed E-state index contributed by atoms with van der Waals surface area (Å²) in [4.78, 5) is 12.4. The van der Waals surface area contributed by atoms with Gasteiger partial charge >= 0.3 is 0 Å². The van der Waals surface area contributed by atoms with E-state index in [1.54, 1.807) is 38.1 Å². The van der Waals surface area contributed by atoms with Gasteiger partial charge in [-0.15, -0.1) is 0 Å². The van der Waals surface area contributed by atoms with Gasteiger partial charge in [-0.25, -0.2) is 13.1 Å². The second-order valence-electron chi connectivity index (χ2n) is 6.02. The Kier molecular flexibility index (Phi) is 6.47. The summed E-state index contributed by atoms with van der Waals surface area (Å²) in [5.74, 6) is -0.305. The molecule has 3 N–H and O–H groups in total. The molecule has 2 aromatic rings. The van der Waals surface area contributed by atoms with E-state index in [0.717, 1.165) is 5.56 Å². The Labute approximate surface area is 159 Å². The topological polar surface area (TPSA) is 87.3 Å². The molecule has 138 valence electrons. The van der Waals surface area contributed by atoms with Gasteiger partial charge in [-0.2, -0.15) is 0 Å². The van der Waals surface area contributed by atoms with Gasteiger partial charge in [-0.1, -0.05) is 18.2 Å². The van der Waals surface area contributed by atoms with Crippen LogP contribution in [0.4, 0.5) is 5.69 Å². The molecule has 0 aliphatic rings. The molecule has 0 saturated carbocycles. The van der Waals surface area contributed by atoms with Crippen molar-refractivity contribution in [3.05, 3.63) is 59.7 Å². The lowest BCUT2D eigenvalue weighted by molar-refractivity contribution is 0.0977. The molecule has 0 unspecified atom stereocenters. The maximum Gasteiger partial charge on any atom is 0.257 e. The van der Waals surface area contributed by atoms with Gasteiger partial charge < -0.3 is 5.32 Å². The van der Waals surface area contributed by atoms with Crippen molar-refractivity contribution in [1.82, 2.24) is 10.0 Å². The Balaban J connectivity index is 2.02. The number of carbonyl (C=O) groups is 1. The molecule has 0 bridgehead atoms. The minimum atomic E-state index is -3.54. The summed E-state index contributed by atoms with van der Waals surface area (Å²) in [5, 5.41) is 5.61. The maximum atomic E-state index is 12.2. The normalized spacial score (nSPS) is 11.2. The number of thiocarbonyl (C=S) groups is 1. The van der Waals surface area contributed by atoms with Crippen LogP contribution in [0, 0.1) is 6.92 Å². The Morgan fingerprint density at radius 1 is 1.04 bits per heavy atom. The third kappa shape index (κ3) is 5.35. The van der Waals surface area contributed by atoms with Crippen molar-refractivity contribution in [3.8, 4) is 0 Å². The van der Waals surface area contributed by atoms with Crippen LogP contribution < -0.4 is 15.4 Å². The highest BCUT2D eigenvalue weighted by Crippen LogP contribution is 2.14. The lowest BCUT2D eigenvalue weighted by Gasteiger charge is -2.12. The Hall–Kier alpha value is -2.29. The summed E-state index contributed by atoms with van der Waals surface area (Å²) in [5.41, 5.74) is 1.96. The van der Waals surface area contributed by atoms with Crippen LogP contribution in [0.2, 0.25) is 0 Å². The molecule has 0 heterocycles. The third-order valence-electron chi connectivity index (χ3n) is 3.43. The first-order valence-corrected chi connectivity index (χ1v) is 9.88. The number of carbonyl (C=O) groups excluding carboxylic acids is 1. The van der Waals surface area contributed by atoms with Gasteiger partial charge in [0, 0.05) is 17.3 Å². The number of benzene rings is 2. The van der Waals surface area contributed by atoms with E-state index in [4.69, 9.17) is 12.2 Å². The van der Waals surface area contributed by atoms with E-state index in [9.17, 15) is 13.2 Å². The highest BCUT2D eigenvalue weighted by atomic mass is 32.2. The zero-order valence-corrected chi connectivity index (χ0v) is 16.4. The molecular weight excluding hydrogens is 370 g/mol. The van der Waals surface area contributed by atoms with Crippen molar-refractivity contribution in [2.24, 2.45) is 0 Å². The monoisotopic (exact) mass is 391 g/mol. The zero-order chi connectivity index (χ0) is 19.3. The van der Waals surface area contributed by atoms with E-state index in [-0.39, 0.29) is 22.0 Å². The molecule has 2 rings (SSSR count). The Morgan fingerprint density at radius 3 is 2.23 bits per heavy atom. The Bertz CT molecular complexity index is 908. The van der Waals surface area contributed by atoms with Crippen molar-refractivity contribution in [2.45, 2.75) is 31.7 Å². The maximum absolute atomic E-state index is 12.2. The van der Waals surface area contributed by atoms with Gasteiger partial charge in [0.25, 0.3) is 5.91 Å². The van der Waals surface area contributed by atoms with Gasteiger partial charge in [0.2, 0.25) is 10.0 Å². The van der Waals surface area contributed by atoms with Crippen LogP contribution in [0.5, 0.6) is 0 Å². The number of aryl methyl sites for hydroxylation is 1. The molecule has 0 aliphatic carbocycles. The molecule has 0 radical (unpaired) electrons. The molecule has 26 heavy (non-hydrogen) atoms. The minimum absolute atomic E-state index is 0.133. The highest BCUT2D eigenvalue weighted by molar-refractivity contribution is 7.89. The number of nitrogens with one attached hydrogen (secondary N) is 3. The first kappa shape index (κ1) is 20.0. The molecule has 6 nitrogen and oxygen atoms in total. The van der Waals surface area contributed by atoms with E-state index < -0.39 is 10.0 Å². The fourth-order valence-corrected chi connectivity index (χ4v) is 3.72. The molecule has 0 spiro atoms. The summed E-state index contributed by atoms with van der Waals surface area (Å²) in [7, 11) is -3.54. The van der Waals surface area contributed by atoms with Crippen LogP contribution in [0.1, 0.15) is 29.8 Å². The van der Waals surface area contributed by atoms with E-state index in [1.807, 2.05) is 19.1 Å². The smallest absolute Gasteiger partial charge is 0.257 e. The number of hydrogen-bond acceptors (Lipinski definition) is 4. The van der Waals surface area contributed by atoms with Gasteiger partial charge in [0.15, 0.2) is 5.11 Å². The molecular formula is C18H21N3O3S2. The minimum Gasteiger partial charge on any atom is -0.332 e. The predicted octanol–water partition coefficient (Wildman–Crippen LogP) is 2.81. The predicted molar refractivity (Wildman–Crippen MR) is 107 cm³/mol. The van der Waals surface area contributed by atoms with Crippen molar-refractivity contribution < 1.29 is 13.2 Å². The lowest BCUT2D eigenvalue weighted by Crippen LogP contribution is -2.34. The molecule has 0 fully saturated rings. The first-order valence-electron chi connectivity index (χ1n) is 7.99. The summed E-state index contributed by atoms with van der Waals surface area (Å²) >= 11 is 5.15. The second-order valence-corrected chi connectivity index (χ2v) is 8.15. The number of rotatable bonds is 5. The molecule has 0 saturated heterocycles. The molecule has 2 aromatic carbocycles. The van der Waals surface area contributed by atoms with Crippen molar-refractivity contribution in [2.75, 3.05) is 5.32 Å². The SMILES string of the molecule is Cc1ccccc1C(=O)NC(=S)Nc1ccc(S(=O)(=O)NC(C)C)cc1. The fraction of sp³-hybridized carbons (Fsp3) is 0.222. The van der Waals surface area contributed by atoms with Gasteiger partial charge in [-0.3, -0.25) is 10.1 Å². The van der Waals surface area contributed by atoms with E-state index in [2.05, 4.69) is 15.4 Å². The van der Waals surface area contributed by atoms with E-state index in [0.29, 0.717) is 11.3 Å². The van der Waals surface area contributed by atoms with Crippen LogP contribution >= 0.6 is 12.2 Å². The third-order valence-corrected chi connectivity index (χ3v) is 5.31. The van der Waals surface area contributed by atoms with Crippen molar-refractivity contribution in [1.29, 1.82) is 0 Å². The standard InChI is InChI=1S/C18H21N3O3S2/c1-12(2)21-26(23,24)15-10-8-14(9-11-15)19-18(25)20-17(22)16-7-5-4-6-13(16)3/h4-12,21H,1-3H3,(H2,19,20,22,25). The van der Waals surface area contributed by atoms with Crippen LogP contribution in [0.15, 0.2) is 53.4 Å². The molecule has 0 atom stereocenters. The van der Waals surface area contributed by atoms with E-state index in [1.165, 1.54) is 12.1 Å². The average molecular weight is 392 g/mol. The second kappa shape index (κ2) is 8.39. The van der Waals surface area contributed by atoms with Crippen molar-refractivity contribution in [3.63, 3.8) is 0 Å². The van der Waals surface area contributed by atoms with Gasteiger partial charge in [0.05, 0.1) is 4.90 Å². The molecule has 1 amide bonds. The number of hydrogen-bond donors (Lipinski definition) is 3. The highest BCUT2D eigenvalue weighted by Gasteiger charge is 2.15. The zero-order valence-electron chi connectivity index (χ0n) is 14.7. The largest absolute Gasteiger partial charge is 0.332 e. The summed E-state index contributed by atoms with van der Waals surface area (Å²) in [6.07, 6.45) is 0. The fourth-order valence-electron chi connectivity index (χ4n) is 2.26. The number of anilines is 1. The van der Waals surface area contributed by atoms with Crippen molar-refractivity contribution >= 4 is 38.9 Å². The average Bonchev–Trinajstić information content (AvgIpc) is 2.54. The van der Waals surface area contributed by atoms with Crippen LogP contribution in [-0.2, 0) is 10.0 Å². The summed E-state index contributed by atoms with van der Waals surface area (Å²) < 4.78 is 26.7. The van der Waals surface area contributed by atoms with Crippen LogP contribution in [0.3, 0.4) is 0 Å². The van der Waals surface area contributed by atoms with E-state index >= 15 is 0 Å². The summed E-state index contributed by atoms with van der Waals surface area (Å²) in [6, 6.07) is 13.1. The quantitative estimate of drug-likeness (QED) is 0.682. The van der Waals surface area contributed by atoms with Gasteiger partial charge in [0.1, 0.15) is 0 Å². The van der Waals surface area contributed by atoms with Crippen LogP contribution in [-0.4, -0.2) is 25.5 Å². The number of amides is 1. The molecule has 0 aromatic heterocycles. The lowest BCUT2D eigenvalue weighted by atomic mass is 10.1. The molecule has 8 heteroatoms. The Morgan fingerprint density at radius 2 is 1.65 bits per heavy atom. The van der Waals surface area contributed by atoms with Gasteiger partial charge in [-0.05, 0) is 68.9 Å². The first-order chi connectivity index (χ1) is 12.2. The van der Waals surface area contributed by atoms with Crippen LogP contribution in [0.25, 0.3) is 0 Å². The molecule has 0 aliphatic heterocycles. The summed E-state index contributed by atoms with van der Waals surface area (Å²) in [6.45, 7) is 5.35. The number of sulfonamides is 1.